The summed E-state index contributed by atoms with van der Waals surface area (Å²) in [7, 11) is 0. The van der Waals surface area contributed by atoms with E-state index in [0.29, 0.717) is 0 Å². The number of ether oxygens (including phenoxy) is 2. The van der Waals surface area contributed by atoms with Gasteiger partial charge in [0, 0.05) is 57.2 Å². The highest BCUT2D eigenvalue weighted by molar-refractivity contribution is 7.12. The standard InChI is InChI=1S/C18H26ClN5O2S/c19-24-12-14(21-4-8-25-9-5-21)16-15(13-24)27-17(20-16)18(22-2-1-3-22)23-6-10-26-11-7-23/h12,18H,1-11,13H2. The van der Waals surface area contributed by atoms with Crippen molar-refractivity contribution in [3.05, 3.63) is 21.8 Å². The molecule has 7 nitrogen and oxygen atoms in total. The molecule has 27 heavy (non-hydrogen) atoms. The first-order valence-corrected chi connectivity index (χ1v) is 11.0. The lowest BCUT2D eigenvalue weighted by molar-refractivity contribution is -0.0547. The van der Waals surface area contributed by atoms with E-state index in [1.807, 2.05) is 17.5 Å². The second kappa shape index (κ2) is 7.85. The van der Waals surface area contributed by atoms with Crippen LogP contribution in [0.4, 0.5) is 0 Å². The van der Waals surface area contributed by atoms with Gasteiger partial charge in [0.2, 0.25) is 0 Å². The Morgan fingerprint density at radius 2 is 1.63 bits per heavy atom. The molecule has 0 saturated carbocycles. The minimum absolute atomic E-state index is 0.271. The molecule has 0 spiro atoms. The highest BCUT2D eigenvalue weighted by atomic mass is 35.5. The van der Waals surface area contributed by atoms with Crippen molar-refractivity contribution in [2.75, 3.05) is 65.7 Å². The maximum Gasteiger partial charge on any atom is 0.126 e. The van der Waals surface area contributed by atoms with Gasteiger partial charge in [0.05, 0.1) is 43.5 Å². The van der Waals surface area contributed by atoms with Gasteiger partial charge in [-0.25, -0.2) is 4.98 Å². The van der Waals surface area contributed by atoms with Crippen LogP contribution < -0.4 is 0 Å². The second-order valence-corrected chi connectivity index (χ2v) is 8.96. The number of morpholine rings is 2. The zero-order valence-electron chi connectivity index (χ0n) is 15.5. The van der Waals surface area contributed by atoms with Crippen LogP contribution in [-0.2, 0) is 16.0 Å². The third-order valence-corrected chi connectivity index (χ3v) is 7.01. The van der Waals surface area contributed by atoms with Gasteiger partial charge in [0.1, 0.15) is 16.9 Å². The maximum atomic E-state index is 6.44. The molecule has 0 radical (unpaired) electrons. The third kappa shape index (κ3) is 3.59. The molecule has 4 aliphatic heterocycles. The van der Waals surface area contributed by atoms with Crippen molar-refractivity contribution < 1.29 is 9.47 Å². The average Bonchev–Trinajstić information content (AvgIpc) is 3.08. The summed E-state index contributed by atoms with van der Waals surface area (Å²) in [5.74, 6) is 0. The smallest absolute Gasteiger partial charge is 0.126 e. The van der Waals surface area contributed by atoms with Crippen LogP contribution in [0.5, 0.6) is 0 Å². The molecule has 0 amide bonds. The van der Waals surface area contributed by atoms with Gasteiger partial charge in [-0.05, 0) is 6.42 Å². The topological polar surface area (TPSA) is 44.3 Å². The van der Waals surface area contributed by atoms with Crippen LogP contribution in [-0.4, -0.2) is 89.8 Å². The number of rotatable bonds is 4. The fourth-order valence-electron chi connectivity index (χ4n) is 4.15. The van der Waals surface area contributed by atoms with Crippen LogP contribution in [0.15, 0.2) is 6.20 Å². The van der Waals surface area contributed by atoms with E-state index in [2.05, 4.69) is 14.7 Å². The van der Waals surface area contributed by atoms with Crippen LogP contribution >= 0.6 is 23.1 Å². The van der Waals surface area contributed by atoms with Crippen molar-refractivity contribution in [2.24, 2.45) is 0 Å². The lowest BCUT2D eigenvalue weighted by atomic mass is 10.1. The molecular weight excluding hydrogens is 386 g/mol. The Bertz CT molecular complexity index is 698. The molecule has 0 bridgehead atoms. The monoisotopic (exact) mass is 411 g/mol. The predicted molar refractivity (Wildman–Crippen MR) is 105 cm³/mol. The average molecular weight is 412 g/mol. The van der Waals surface area contributed by atoms with Crippen molar-refractivity contribution in [3.8, 4) is 0 Å². The van der Waals surface area contributed by atoms with Crippen molar-refractivity contribution in [1.82, 2.24) is 24.1 Å². The Balaban J connectivity index is 1.46. The second-order valence-electron chi connectivity index (χ2n) is 7.41. The summed E-state index contributed by atoms with van der Waals surface area (Å²) in [6, 6.07) is 0. The summed E-state index contributed by atoms with van der Waals surface area (Å²) in [6.07, 6.45) is 3.58. The van der Waals surface area contributed by atoms with Gasteiger partial charge >= 0.3 is 0 Å². The molecule has 4 aliphatic rings. The molecule has 9 heteroatoms. The molecule has 1 unspecified atom stereocenters. The Labute approximate surface area is 169 Å². The zero-order valence-corrected chi connectivity index (χ0v) is 17.1. The summed E-state index contributed by atoms with van der Waals surface area (Å²) in [5, 5.41) is 1.20. The number of fused-ring (bicyclic) bond motifs is 1. The molecule has 0 aromatic carbocycles. The lowest BCUT2D eigenvalue weighted by Gasteiger charge is -2.44. The molecular formula is C18H26ClN5O2S. The van der Waals surface area contributed by atoms with Crippen molar-refractivity contribution in [3.63, 3.8) is 0 Å². The number of hydrogen-bond donors (Lipinski definition) is 0. The van der Waals surface area contributed by atoms with Crippen LogP contribution in [0.2, 0.25) is 0 Å². The lowest BCUT2D eigenvalue weighted by Crippen LogP contribution is -2.51. The fraction of sp³-hybridized carbons (Fsp3) is 0.722. The van der Waals surface area contributed by atoms with Crippen molar-refractivity contribution in [1.29, 1.82) is 0 Å². The van der Waals surface area contributed by atoms with Crippen molar-refractivity contribution >= 4 is 28.8 Å². The Kier molecular flexibility index (Phi) is 5.28. The molecule has 5 heterocycles. The molecule has 0 N–H and O–H groups in total. The summed E-state index contributed by atoms with van der Waals surface area (Å²) in [4.78, 5) is 13.9. The maximum absolute atomic E-state index is 6.44. The van der Waals surface area contributed by atoms with Gasteiger partial charge in [-0.2, -0.15) is 0 Å². The highest BCUT2D eigenvalue weighted by Gasteiger charge is 2.36. The molecule has 5 rings (SSSR count). The first-order chi connectivity index (χ1) is 13.3. The van der Waals surface area contributed by atoms with E-state index >= 15 is 0 Å². The van der Waals surface area contributed by atoms with Gasteiger partial charge in [0.25, 0.3) is 0 Å². The van der Waals surface area contributed by atoms with Crippen LogP contribution in [0, 0.1) is 0 Å². The normalized spacial score (nSPS) is 25.7. The first-order valence-electron chi connectivity index (χ1n) is 9.82. The van der Waals surface area contributed by atoms with E-state index in [4.69, 9.17) is 26.2 Å². The van der Waals surface area contributed by atoms with E-state index < -0.39 is 0 Å². The Morgan fingerprint density at radius 3 is 2.30 bits per heavy atom. The zero-order chi connectivity index (χ0) is 18.2. The quantitative estimate of drug-likeness (QED) is 0.700. The minimum Gasteiger partial charge on any atom is -0.379 e. The van der Waals surface area contributed by atoms with Crippen LogP contribution in [0.1, 0.15) is 28.2 Å². The predicted octanol–water partition coefficient (Wildman–Crippen LogP) is 1.78. The molecule has 148 valence electrons. The fourth-order valence-corrected chi connectivity index (χ4v) is 5.68. The summed E-state index contributed by atoms with van der Waals surface area (Å²) < 4.78 is 12.9. The van der Waals surface area contributed by atoms with Crippen LogP contribution in [0.25, 0.3) is 5.70 Å². The van der Waals surface area contributed by atoms with Gasteiger partial charge in [-0.1, -0.05) is 0 Å². The van der Waals surface area contributed by atoms with Crippen LogP contribution in [0.3, 0.4) is 0 Å². The van der Waals surface area contributed by atoms with Gasteiger partial charge < -0.3 is 14.4 Å². The largest absolute Gasteiger partial charge is 0.379 e. The minimum atomic E-state index is 0.271. The van der Waals surface area contributed by atoms with E-state index in [-0.39, 0.29) is 6.17 Å². The van der Waals surface area contributed by atoms with E-state index in [0.717, 1.165) is 83.6 Å². The number of likely N-dealkylation sites (tertiary alicyclic amines) is 1. The number of halogens is 1. The van der Waals surface area contributed by atoms with Gasteiger partial charge in [0.15, 0.2) is 0 Å². The summed E-state index contributed by atoms with van der Waals surface area (Å²) in [6.45, 7) is 9.89. The number of hydrogen-bond acceptors (Lipinski definition) is 8. The first kappa shape index (κ1) is 18.1. The molecule has 1 aromatic heterocycles. The van der Waals surface area contributed by atoms with Gasteiger partial charge in [-0.3, -0.25) is 14.2 Å². The van der Waals surface area contributed by atoms with Gasteiger partial charge in [-0.15, -0.1) is 11.3 Å². The molecule has 0 aliphatic carbocycles. The highest BCUT2D eigenvalue weighted by Crippen LogP contribution is 2.39. The molecule has 3 fully saturated rings. The Hall–Kier alpha value is -0.900. The van der Waals surface area contributed by atoms with E-state index in [9.17, 15) is 0 Å². The summed E-state index contributed by atoms with van der Waals surface area (Å²) in [5.41, 5.74) is 2.26. The SMILES string of the molecule is ClN1C=C(N2CCOCC2)c2nc(C(N3CCC3)N3CCOCC3)sc2C1. The number of aromatic nitrogens is 1. The summed E-state index contributed by atoms with van der Waals surface area (Å²) >= 11 is 8.26. The molecule has 1 aromatic rings. The van der Waals surface area contributed by atoms with E-state index in [1.54, 1.807) is 4.42 Å². The number of thiazole rings is 1. The molecule has 3 saturated heterocycles. The number of nitrogens with zero attached hydrogens (tertiary/aromatic N) is 5. The van der Waals surface area contributed by atoms with Crippen molar-refractivity contribution in [2.45, 2.75) is 19.1 Å². The Morgan fingerprint density at radius 1 is 0.963 bits per heavy atom. The van der Waals surface area contributed by atoms with E-state index in [1.165, 1.54) is 16.3 Å². The molecule has 1 atom stereocenters. The third-order valence-electron chi connectivity index (χ3n) is 5.71.